The van der Waals surface area contributed by atoms with Gasteiger partial charge in [-0.25, -0.2) is 9.78 Å². The van der Waals surface area contributed by atoms with Crippen LogP contribution in [0.2, 0.25) is 0 Å². The Hall–Kier alpha value is -5.39. The van der Waals surface area contributed by atoms with Crippen molar-refractivity contribution >= 4 is 28.2 Å². The third-order valence-electron chi connectivity index (χ3n) is 6.64. The molecule has 0 saturated heterocycles. The molecule has 2 aliphatic rings. The maximum absolute atomic E-state index is 13.5. The lowest BCUT2D eigenvalue weighted by molar-refractivity contribution is -0.385. The molecule has 38 heavy (non-hydrogen) atoms. The van der Waals surface area contributed by atoms with E-state index in [4.69, 9.17) is 9.47 Å². The Morgan fingerprint density at radius 1 is 1.08 bits per heavy atom. The minimum atomic E-state index is -1.20. The molecule has 4 heterocycles. The van der Waals surface area contributed by atoms with Crippen molar-refractivity contribution in [3.63, 3.8) is 0 Å². The fourth-order valence-electron chi connectivity index (χ4n) is 4.85. The van der Waals surface area contributed by atoms with Gasteiger partial charge in [-0.05, 0) is 24.3 Å². The van der Waals surface area contributed by atoms with Gasteiger partial charge in [-0.15, -0.1) is 0 Å². The molecule has 188 valence electrons. The van der Waals surface area contributed by atoms with Crippen LogP contribution in [-0.4, -0.2) is 25.4 Å². The van der Waals surface area contributed by atoms with Gasteiger partial charge in [0.1, 0.15) is 17.9 Å². The van der Waals surface area contributed by atoms with Gasteiger partial charge in [0.2, 0.25) is 0 Å². The first-order valence-corrected chi connectivity index (χ1v) is 11.3. The number of hydrogen-bond donors (Lipinski definition) is 0. The molecule has 12 heteroatoms. The van der Waals surface area contributed by atoms with Gasteiger partial charge in [0.15, 0.2) is 6.10 Å². The van der Waals surface area contributed by atoms with Gasteiger partial charge in [0, 0.05) is 23.3 Å². The Morgan fingerprint density at radius 2 is 1.82 bits per heavy atom. The van der Waals surface area contributed by atoms with Crippen LogP contribution >= 0.6 is 0 Å². The Morgan fingerprint density at radius 3 is 2.58 bits per heavy atom. The van der Waals surface area contributed by atoms with E-state index >= 15 is 0 Å². The van der Waals surface area contributed by atoms with E-state index in [9.17, 15) is 29.8 Å². The highest BCUT2D eigenvalue weighted by molar-refractivity contribution is 5.94. The molecule has 0 aliphatic carbocycles. The molecule has 0 spiro atoms. The minimum absolute atomic E-state index is 0.0640. The summed E-state index contributed by atoms with van der Waals surface area (Å²) in [5.41, 5.74) is 1.34. The highest BCUT2D eigenvalue weighted by atomic mass is 16.6. The maximum atomic E-state index is 13.5. The lowest BCUT2D eigenvalue weighted by atomic mass is 9.98. The average Bonchev–Trinajstić information content (AvgIpc) is 3.26. The van der Waals surface area contributed by atoms with Gasteiger partial charge in [-0.3, -0.25) is 25.0 Å². The number of hydrogen-bond acceptors (Lipinski definition) is 9. The number of carbonyl (C=O) groups excluding carboxylic acids is 1. The largest absolute Gasteiger partial charge is 0.489 e. The number of fused-ring (bicyclic) bond motifs is 5. The Labute approximate surface area is 212 Å². The highest BCUT2D eigenvalue weighted by Crippen LogP contribution is 2.40. The first-order valence-electron chi connectivity index (χ1n) is 11.3. The molecule has 0 fully saturated rings. The van der Waals surface area contributed by atoms with Crippen LogP contribution in [0, 0.1) is 20.2 Å². The molecule has 6 rings (SSSR count). The number of esters is 1. The van der Waals surface area contributed by atoms with E-state index in [1.807, 2.05) is 0 Å². The zero-order valence-corrected chi connectivity index (χ0v) is 19.4. The predicted molar refractivity (Wildman–Crippen MR) is 132 cm³/mol. The summed E-state index contributed by atoms with van der Waals surface area (Å²) in [6.45, 7) is 3.85. The molecule has 0 saturated carbocycles. The van der Waals surface area contributed by atoms with Crippen molar-refractivity contribution in [1.29, 1.82) is 0 Å². The van der Waals surface area contributed by atoms with Crippen LogP contribution in [0.3, 0.4) is 0 Å². The van der Waals surface area contributed by atoms with Gasteiger partial charge in [0.25, 0.3) is 16.9 Å². The van der Waals surface area contributed by atoms with Gasteiger partial charge >= 0.3 is 5.97 Å². The molecule has 2 aliphatic heterocycles. The number of rotatable bonds is 4. The number of para-hydroxylation sites is 1. The summed E-state index contributed by atoms with van der Waals surface area (Å²) < 4.78 is 12.6. The second-order valence-corrected chi connectivity index (χ2v) is 8.77. The van der Waals surface area contributed by atoms with E-state index in [1.54, 1.807) is 18.2 Å². The van der Waals surface area contributed by atoms with Crippen LogP contribution < -0.4 is 5.56 Å². The summed E-state index contributed by atoms with van der Waals surface area (Å²) >= 11 is 0. The van der Waals surface area contributed by atoms with Crippen LogP contribution in [0.5, 0.6) is 0 Å². The molecule has 1 atom stereocenters. The van der Waals surface area contributed by atoms with Crippen molar-refractivity contribution in [3.8, 4) is 11.4 Å². The average molecular weight is 512 g/mol. The molecule has 4 aromatic rings. The van der Waals surface area contributed by atoms with Crippen LogP contribution in [0.15, 0.2) is 71.7 Å². The van der Waals surface area contributed by atoms with E-state index in [2.05, 4.69) is 11.6 Å². The van der Waals surface area contributed by atoms with Crippen molar-refractivity contribution in [2.24, 2.45) is 0 Å². The number of carbonyl (C=O) groups is 1. The predicted octanol–water partition coefficient (Wildman–Crippen LogP) is 4.18. The summed E-state index contributed by atoms with van der Waals surface area (Å²) in [5.74, 6) is -0.911. The monoisotopic (exact) mass is 512 g/mol. The molecule has 1 unspecified atom stereocenters. The number of pyridine rings is 2. The fourth-order valence-corrected chi connectivity index (χ4v) is 4.85. The molecule has 0 N–H and O–H groups in total. The number of nitro benzene ring substituents is 2. The first kappa shape index (κ1) is 23.0. The Kier molecular flexibility index (Phi) is 5.05. The van der Waals surface area contributed by atoms with E-state index in [-0.39, 0.29) is 35.7 Å². The van der Waals surface area contributed by atoms with E-state index < -0.39 is 33.2 Å². The van der Waals surface area contributed by atoms with E-state index in [1.165, 1.54) is 41.0 Å². The number of ether oxygens (including phenoxy) is 2. The number of non-ortho nitro benzene ring substituents is 1. The zero-order chi connectivity index (χ0) is 26.7. The van der Waals surface area contributed by atoms with Crippen molar-refractivity contribution in [1.82, 2.24) is 9.55 Å². The SMILES string of the molecule is C=C1OCc2c(cc3n(c2=O)Cc2cc4c([N+](=O)[O-])cccc4nc2-3)C1OC(=O)c1ccccc1[N+](=O)[O-]. The Bertz CT molecular complexity index is 1810. The topological polar surface area (TPSA) is 157 Å². The first-order chi connectivity index (χ1) is 18.2. The standard InChI is InChI=1S/C26H16N4O8/c1-13-24(38-26(32)15-5-2-3-7-20(15)29(33)34)16-10-22-23-14(11-28(22)25(31)18(16)12-37-13)9-17-19(27-23)6-4-8-21(17)30(35)36/h2-10,24H,1,11-12H2. The minimum Gasteiger partial charge on any atom is -0.489 e. The fraction of sp³-hybridized carbons (Fsp3) is 0.115. The van der Waals surface area contributed by atoms with Crippen molar-refractivity contribution < 1.29 is 24.1 Å². The summed E-state index contributed by atoms with van der Waals surface area (Å²) in [7, 11) is 0. The lowest BCUT2D eigenvalue weighted by Crippen LogP contribution is -2.31. The summed E-state index contributed by atoms with van der Waals surface area (Å²) in [4.78, 5) is 52.8. The number of nitro groups is 2. The third kappa shape index (κ3) is 3.42. The number of nitrogens with zero attached hydrogens (tertiary/aromatic N) is 4. The molecule has 0 amide bonds. The van der Waals surface area contributed by atoms with E-state index in [0.717, 1.165) is 0 Å². The van der Waals surface area contributed by atoms with Crippen LogP contribution in [0.1, 0.15) is 33.2 Å². The molecule has 2 aromatic heterocycles. The highest BCUT2D eigenvalue weighted by Gasteiger charge is 2.36. The molecular weight excluding hydrogens is 496 g/mol. The number of benzene rings is 2. The van der Waals surface area contributed by atoms with Crippen molar-refractivity contribution in [3.05, 3.63) is 120 Å². The quantitative estimate of drug-likeness (QED) is 0.196. The van der Waals surface area contributed by atoms with Gasteiger partial charge in [-0.2, -0.15) is 0 Å². The second-order valence-electron chi connectivity index (χ2n) is 8.77. The van der Waals surface area contributed by atoms with Crippen molar-refractivity contribution in [2.75, 3.05) is 0 Å². The van der Waals surface area contributed by atoms with Crippen molar-refractivity contribution in [2.45, 2.75) is 19.3 Å². The normalized spacial score (nSPS) is 15.3. The smallest absolute Gasteiger partial charge is 0.346 e. The summed E-state index contributed by atoms with van der Waals surface area (Å²) in [6.07, 6.45) is -1.20. The van der Waals surface area contributed by atoms with Gasteiger partial charge in [-0.1, -0.05) is 24.8 Å². The molecule has 2 aromatic carbocycles. The molecule has 0 bridgehead atoms. The molecule has 12 nitrogen and oxygen atoms in total. The molecule has 0 radical (unpaired) electrons. The maximum Gasteiger partial charge on any atom is 0.346 e. The van der Waals surface area contributed by atoms with E-state index in [0.29, 0.717) is 33.4 Å². The molecular formula is C26H16N4O8. The van der Waals surface area contributed by atoms with Crippen LogP contribution in [0.4, 0.5) is 11.4 Å². The second kappa shape index (κ2) is 8.34. The third-order valence-corrected chi connectivity index (χ3v) is 6.64. The lowest BCUT2D eigenvalue weighted by Gasteiger charge is -2.28. The van der Waals surface area contributed by atoms with Crippen LogP contribution in [0.25, 0.3) is 22.3 Å². The summed E-state index contributed by atoms with van der Waals surface area (Å²) in [5, 5.41) is 23.2. The summed E-state index contributed by atoms with van der Waals surface area (Å²) in [6, 6.07) is 13.3. The van der Waals surface area contributed by atoms with Gasteiger partial charge in [0.05, 0.1) is 44.2 Å². The Balaban J connectivity index is 1.46. The van der Waals surface area contributed by atoms with Crippen LogP contribution in [-0.2, 0) is 22.6 Å². The number of aromatic nitrogens is 2. The van der Waals surface area contributed by atoms with Gasteiger partial charge < -0.3 is 14.0 Å². The zero-order valence-electron chi connectivity index (χ0n) is 19.4.